The van der Waals surface area contributed by atoms with Crippen LogP contribution in [0.3, 0.4) is 0 Å². The van der Waals surface area contributed by atoms with Crippen LogP contribution in [-0.4, -0.2) is 22.4 Å². The fraction of sp³-hybridized carbons (Fsp3) is 0.261. The molecule has 0 amide bonds. The first kappa shape index (κ1) is 21.4. The van der Waals surface area contributed by atoms with Crippen molar-refractivity contribution in [1.82, 2.24) is 9.27 Å². The van der Waals surface area contributed by atoms with Crippen molar-refractivity contribution in [1.29, 1.82) is 0 Å². The number of alkyl halides is 3. The van der Waals surface area contributed by atoms with Crippen LogP contribution in [0.4, 0.5) is 13.2 Å². The first-order valence-electron chi connectivity index (χ1n) is 9.35. The third-order valence-corrected chi connectivity index (χ3v) is 5.41. The standard InChI is InChI=1S/C23H21F3N2S/c1-3-28(4-2)15-7-5-6-8-17-9-14-20-21(16-17)29-27-22(20)18-10-12-19(13-11-18)23(24,25)26/h3,9-14,16H,1,4-5,7,15H2,2H3. The number of rotatable bonds is 6. The topological polar surface area (TPSA) is 16.1 Å². The number of fused-ring (bicyclic) bond motifs is 1. The molecule has 3 aromatic rings. The highest BCUT2D eigenvalue weighted by atomic mass is 32.1. The summed E-state index contributed by atoms with van der Waals surface area (Å²) in [7, 11) is 0. The maximum atomic E-state index is 12.8. The van der Waals surface area contributed by atoms with Gasteiger partial charge in [-0.05, 0) is 62.2 Å². The lowest BCUT2D eigenvalue weighted by molar-refractivity contribution is -0.137. The Morgan fingerprint density at radius 1 is 1.17 bits per heavy atom. The molecule has 6 heteroatoms. The minimum absolute atomic E-state index is 0.659. The van der Waals surface area contributed by atoms with Crippen molar-refractivity contribution in [3.8, 4) is 23.1 Å². The largest absolute Gasteiger partial charge is 0.416 e. The monoisotopic (exact) mass is 414 g/mol. The molecule has 0 unspecified atom stereocenters. The third-order valence-electron chi connectivity index (χ3n) is 4.60. The van der Waals surface area contributed by atoms with E-state index < -0.39 is 11.7 Å². The Kier molecular flexibility index (Phi) is 6.94. The summed E-state index contributed by atoms with van der Waals surface area (Å²) in [4.78, 5) is 2.15. The summed E-state index contributed by atoms with van der Waals surface area (Å²) in [5.41, 5.74) is 1.62. The van der Waals surface area contributed by atoms with E-state index in [2.05, 4.69) is 35.0 Å². The van der Waals surface area contributed by atoms with Gasteiger partial charge in [-0.25, -0.2) is 0 Å². The van der Waals surface area contributed by atoms with Gasteiger partial charge in [-0.15, -0.1) is 0 Å². The Morgan fingerprint density at radius 2 is 1.93 bits per heavy atom. The van der Waals surface area contributed by atoms with Crippen LogP contribution in [0.25, 0.3) is 21.3 Å². The van der Waals surface area contributed by atoms with Crippen LogP contribution >= 0.6 is 11.5 Å². The van der Waals surface area contributed by atoms with Crippen LogP contribution in [0.5, 0.6) is 0 Å². The average Bonchev–Trinajstić information content (AvgIpc) is 3.13. The van der Waals surface area contributed by atoms with E-state index in [9.17, 15) is 13.2 Å². The SMILES string of the molecule is [CH2][CH]N(CC)CCCC#Cc1ccc2c(-c3ccc(C(F)(F)F)cc3)nsc2c1. The Morgan fingerprint density at radius 3 is 2.59 bits per heavy atom. The molecule has 2 nitrogen and oxygen atoms in total. The summed E-state index contributed by atoms with van der Waals surface area (Å²) in [5, 5.41) is 0.921. The van der Waals surface area contributed by atoms with Gasteiger partial charge < -0.3 is 0 Å². The molecule has 150 valence electrons. The van der Waals surface area contributed by atoms with Crippen LogP contribution < -0.4 is 0 Å². The highest BCUT2D eigenvalue weighted by Gasteiger charge is 2.30. The molecule has 0 fully saturated rings. The van der Waals surface area contributed by atoms with Crippen molar-refractivity contribution in [2.45, 2.75) is 25.9 Å². The zero-order valence-corrected chi connectivity index (χ0v) is 16.9. The fourth-order valence-corrected chi connectivity index (χ4v) is 3.79. The number of hydrogen-bond donors (Lipinski definition) is 0. The van der Waals surface area contributed by atoms with Gasteiger partial charge in [0.2, 0.25) is 0 Å². The van der Waals surface area contributed by atoms with Crippen molar-refractivity contribution in [2.75, 3.05) is 13.1 Å². The van der Waals surface area contributed by atoms with Crippen molar-refractivity contribution in [2.24, 2.45) is 0 Å². The van der Waals surface area contributed by atoms with Crippen LogP contribution in [-0.2, 0) is 6.18 Å². The van der Waals surface area contributed by atoms with Crippen LogP contribution in [0, 0.1) is 25.3 Å². The van der Waals surface area contributed by atoms with Gasteiger partial charge in [-0.2, -0.15) is 17.5 Å². The van der Waals surface area contributed by atoms with Gasteiger partial charge in [-0.1, -0.05) is 37.0 Å². The predicted molar refractivity (Wildman–Crippen MR) is 113 cm³/mol. The zero-order chi connectivity index (χ0) is 20.9. The molecule has 2 radical (unpaired) electrons. The third kappa shape index (κ3) is 5.37. The first-order chi connectivity index (χ1) is 13.9. The number of halogens is 3. The number of nitrogens with zero attached hydrogens (tertiary/aromatic N) is 2. The summed E-state index contributed by atoms with van der Waals surface area (Å²) in [6, 6.07) is 11.0. The average molecular weight is 414 g/mol. The lowest BCUT2D eigenvalue weighted by Crippen LogP contribution is -2.20. The Hall–Kier alpha value is -2.36. The lowest BCUT2D eigenvalue weighted by atomic mass is 10.0. The number of aromatic nitrogens is 1. The van der Waals surface area contributed by atoms with Gasteiger partial charge in [0.15, 0.2) is 0 Å². The predicted octanol–water partition coefficient (Wildman–Crippen LogP) is 6.43. The first-order valence-corrected chi connectivity index (χ1v) is 10.1. The minimum atomic E-state index is -4.34. The molecule has 2 aromatic carbocycles. The second-order valence-electron chi connectivity index (χ2n) is 6.53. The molecule has 0 saturated carbocycles. The van der Waals surface area contributed by atoms with Gasteiger partial charge in [0, 0.05) is 29.5 Å². The van der Waals surface area contributed by atoms with E-state index in [0.717, 1.165) is 53.7 Å². The summed E-state index contributed by atoms with van der Waals surface area (Å²) in [6.45, 7) is 9.61. The molecule has 0 saturated heterocycles. The van der Waals surface area contributed by atoms with Gasteiger partial charge >= 0.3 is 6.18 Å². The van der Waals surface area contributed by atoms with Crippen molar-refractivity contribution in [3.63, 3.8) is 0 Å². The molecule has 0 aliphatic rings. The zero-order valence-electron chi connectivity index (χ0n) is 16.1. The number of unbranched alkanes of at least 4 members (excludes halogenated alkanes) is 1. The maximum absolute atomic E-state index is 12.8. The maximum Gasteiger partial charge on any atom is 0.416 e. The molecule has 29 heavy (non-hydrogen) atoms. The summed E-state index contributed by atoms with van der Waals surface area (Å²) >= 11 is 1.33. The molecule has 0 spiro atoms. The smallest absolute Gasteiger partial charge is 0.299 e. The van der Waals surface area contributed by atoms with E-state index >= 15 is 0 Å². The molecule has 0 aliphatic carbocycles. The van der Waals surface area contributed by atoms with Crippen LogP contribution in [0.15, 0.2) is 42.5 Å². The van der Waals surface area contributed by atoms with Gasteiger partial charge in [0.25, 0.3) is 0 Å². The molecule has 0 aliphatic heterocycles. The molecular weight excluding hydrogens is 393 g/mol. The molecule has 1 aromatic heterocycles. The number of benzene rings is 2. The van der Waals surface area contributed by atoms with E-state index in [0.29, 0.717) is 11.3 Å². The normalized spacial score (nSPS) is 11.7. The molecule has 0 N–H and O–H groups in total. The lowest BCUT2D eigenvalue weighted by Gasteiger charge is -2.15. The van der Waals surface area contributed by atoms with Gasteiger partial charge in [0.05, 0.1) is 16.0 Å². The highest BCUT2D eigenvalue weighted by Crippen LogP contribution is 2.34. The van der Waals surface area contributed by atoms with E-state index in [1.54, 1.807) is 0 Å². The minimum Gasteiger partial charge on any atom is -0.299 e. The van der Waals surface area contributed by atoms with Crippen molar-refractivity contribution in [3.05, 3.63) is 67.1 Å². The molecule has 3 rings (SSSR count). The Balaban J connectivity index is 1.71. The van der Waals surface area contributed by atoms with E-state index in [1.165, 1.54) is 23.7 Å². The fourth-order valence-electron chi connectivity index (χ4n) is 2.95. The number of hydrogen-bond acceptors (Lipinski definition) is 3. The van der Waals surface area contributed by atoms with E-state index in [1.807, 2.05) is 24.7 Å². The summed E-state index contributed by atoms with van der Waals surface area (Å²) in [5.74, 6) is 6.37. The molecule has 0 bridgehead atoms. The summed E-state index contributed by atoms with van der Waals surface area (Å²) < 4.78 is 43.7. The quantitative estimate of drug-likeness (QED) is 0.341. The van der Waals surface area contributed by atoms with E-state index in [-0.39, 0.29) is 0 Å². The van der Waals surface area contributed by atoms with Crippen LogP contribution in [0.1, 0.15) is 30.9 Å². The van der Waals surface area contributed by atoms with Crippen molar-refractivity contribution >= 4 is 21.6 Å². The van der Waals surface area contributed by atoms with Gasteiger partial charge in [-0.3, -0.25) is 4.90 Å². The van der Waals surface area contributed by atoms with Gasteiger partial charge in [0.1, 0.15) is 0 Å². The summed E-state index contributed by atoms with van der Waals surface area (Å²) in [6.07, 6.45) is -2.55. The molecule has 0 atom stereocenters. The molecule has 1 heterocycles. The Labute approximate surface area is 173 Å². The second-order valence-corrected chi connectivity index (χ2v) is 7.34. The second kappa shape index (κ2) is 9.43. The highest BCUT2D eigenvalue weighted by molar-refractivity contribution is 7.13. The molecular formula is C23H21F3N2S. The van der Waals surface area contributed by atoms with E-state index in [4.69, 9.17) is 0 Å². The van der Waals surface area contributed by atoms with Crippen LogP contribution in [0.2, 0.25) is 0 Å². The Bertz CT molecular complexity index is 1010. The van der Waals surface area contributed by atoms with Crippen molar-refractivity contribution < 1.29 is 13.2 Å².